The number of hydrogen-bond donors (Lipinski definition) is 3. The van der Waals surface area contributed by atoms with Crippen LogP contribution in [0.25, 0.3) is 0 Å². The number of hydrazone groups is 1. The molecule has 8 heteroatoms. The van der Waals surface area contributed by atoms with Gasteiger partial charge in [0.25, 0.3) is 5.56 Å². The second-order valence-corrected chi connectivity index (χ2v) is 5.81. The number of nitrogens with zero attached hydrogens (tertiary/aromatic N) is 3. The molecule has 0 radical (unpaired) electrons. The minimum atomic E-state index is -0.377. The molecular formula is C15H16N4O3S. The minimum Gasteiger partial charge on any atom is -0.508 e. The zero-order valence-electron chi connectivity index (χ0n) is 12.6. The van der Waals surface area contributed by atoms with Gasteiger partial charge in [-0.25, -0.2) is 0 Å². The van der Waals surface area contributed by atoms with Crippen LogP contribution < -0.4 is 11.0 Å². The highest BCUT2D eigenvalue weighted by molar-refractivity contribution is 7.71. The van der Waals surface area contributed by atoms with Crippen molar-refractivity contribution in [2.45, 2.75) is 12.5 Å². The van der Waals surface area contributed by atoms with E-state index < -0.39 is 0 Å². The second kappa shape index (κ2) is 5.54. The van der Waals surface area contributed by atoms with E-state index in [0.717, 1.165) is 5.56 Å². The van der Waals surface area contributed by atoms with Crippen LogP contribution in [0.1, 0.15) is 23.6 Å². The molecule has 0 saturated heterocycles. The summed E-state index contributed by atoms with van der Waals surface area (Å²) in [5.74, 6) is -0.00234. The lowest BCUT2D eigenvalue weighted by atomic mass is 10.00. The van der Waals surface area contributed by atoms with Gasteiger partial charge in [0.05, 0.1) is 11.8 Å². The van der Waals surface area contributed by atoms with Gasteiger partial charge in [0.1, 0.15) is 11.3 Å². The van der Waals surface area contributed by atoms with Gasteiger partial charge in [-0.1, -0.05) is 12.1 Å². The van der Waals surface area contributed by atoms with Crippen molar-refractivity contribution in [1.29, 1.82) is 0 Å². The van der Waals surface area contributed by atoms with E-state index >= 15 is 0 Å². The quantitative estimate of drug-likeness (QED) is 0.721. The Kier molecular flexibility index (Phi) is 3.69. The molecule has 2 heterocycles. The number of aromatic hydroxyl groups is 2. The molecule has 0 fully saturated rings. The summed E-state index contributed by atoms with van der Waals surface area (Å²) < 4.78 is 2.92. The van der Waals surface area contributed by atoms with Crippen molar-refractivity contribution in [2.24, 2.45) is 19.2 Å². The highest BCUT2D eigenvalue weighted by atomic mass is 32.1. The molecule has 1 aromatic carbocycles. The van der Waals surface area contributed by atoms with Crippen molar-refractivity contribution in [1.82, 2.24) is 14.6 Å². The van der Waals surface area contributed by atoms with Crippen molar-refractivity contribution in [2.75, 3.05) is 0 Å². The number of nitrogens with one attached hydrogen (secondary N) is 1. The Morgan fingerprint density at radius 1 is 1.22 bits per heavy atom. The van der Waals surface area contributed by atoms with Crippen molar-refractivity contribution < 1.29 is 10.2 Å². The summed E-state index contributed by atoms with van der Waals surface area (Å²) in [7, 11) is 3.16. The Hall–Kier alpha value is -2.61. The molecule has 1 aliphatic heterocycles. The molecule has 0 unspecified atom stereocenters. The molecule has 23 heavy (non-hydrogen) atoms. The maximum Gasteiger partial charge on any atom is 0.267 e. The van der Waals surface area contributed by atoms with Crippen molar-refractivity contribution in [3.8, 4) is 11.6 Å². The van der Waals surface area contributed by atoms with E-state index in [1.165, 1.54) is 9.13 Å². The minimum absolute atomic E-state index is 0.122. The highest BCUT2D eigenvalue weighted by Crippen LogP contribution is 2.27. The summed E-state index contributed by atoms with van der Waals surface area (Å²) in [5, 5.41) is 23.8. The van der Waals surface area contributed by atoms with Crippen LogP contribution in [0, 0.1) is 4.77 Å². The number of phenolic OH excluding ortho intramolecular Hbond substituents is 1. The molecule has 1 atom stereocenters. The summed E-state index contributed by atoms with van der Waals surface area (Å²) in [6, 6.07) is 6.64. The molecule has 1 aromatic heterocycles. The van der Waals surface area contributed by atoms with Gasteiger partial charge in [0.2, 0.25) is 5.88 Å². The fourth-order valence-corrected chi connectivity index (χ4v) is 2.75. The average Bonchev–Trinajstić information content (AvgIpc) is 3.01. The molecule has 0 bridgehead atoms. The highest BCUT2D eigenvalue weighted by Gasteiger charge is 2.27. The maximum atomic E-state index is 12.4. The molecule has 120 valence electrons. The molecule has 0 spiro atoms. The summed E-state index contributed by atoms with van der Waals surface area (Å²) in [5.41, 5.74) is 4.14. The van der Waals surface area contributed by atoms with Gasteiger partial charge in [-0.3, -0.25) is 13.9 Å². The van der Waals surface area contributed by atoms with Crippen molar-refractivity contribution in [3.05, 3.63) is 50.5 Å². The molecule has 0 amide bonds. The first-order valence-electron chi connectivity index (χ1n) is 7.00. The zero-order chi connectivity index (χ0) is 16.7. The van der Waals surface area contributed by atoms with E-state index in [9.17, 15) is 15.0 Å². The lowest BCUT2D eigenvalue weighted by Crippen LogP contribution is -2.28. The Labute approximate surface area is 137 Å². The van der Waals surface area contributed by atoms with Crippen LogP contribution in [0.2, 0.25) is 0 Å². The maximum absolute atomic E-state index is 12.4. The SMILES string of the molecule is Cn1c(O)c(C2=NN[C@H](c3ccc(O)cc3)C2)c(=O)n(C)c1=S. The van der Waals surface area contributed by atoms with E-state index in [1.54, 1.807) is 38.4 Å². The van der Waals surface area contributed by atoms with Crippen LogP contribution >= 0.6 is 12.2 Å². The molecule has 1 aliphatic rings. The van der Waals surface area contributed by atoms with Crippen LogP contribution in [0.3, 0.4) is 0 Å². The zero-order valence-corrected chi connectivity index (χ0v) is 13.5. The molecular weight excluding hydrogens is 316 g/mol. The molecule has 0 aliphatic carbocycles. The number of benzene rings is 1. The normalized spacial score (nSPS) is 17.0. The predicted octanol–water partition coefficient (Wildman–Crippen LogP) is 1.30. The van der Waals surface area contributed by atoms with Crippen LogP contribution in [0.4, 0.5) is 0 Å². The lowest BCUT2D eigenvalue weighted by molar-refractivity contribution is 0.414. The van der Waals surface area contributed by atoms with E-state index in [1.807, 2.05) is 0 Å². The fraction of sp³-hybridized carbons (Fsp3) is 0.267. The topological polar surface area (TPSA) is 91.8 Å². The van der Waals surface area contributed by atoms with Gasteiger partial charge in [0.15, 0.2) is 4.77 Å². The number of phenols is 1. The first-order chi connectivity index (χ1) is 10.9. The first-order valence-corrected chi connectivity index (χ1v) is 7.41. The molecule has 7 nitrogen and oxygen atoms in total. The fourth-order valence-electron chi connectivity index (χ4n) is 2.58. The van der Waals surface area contributed by atoms with Crippen LogP contribution in [0.5, 0.6) is 11.6 Å². The summed E-state index contributed by atoms with van der Waals surface area (Å²) in [6.07, 6.45) is 0.449. The molecule has 0 saturated carbocycles. The van der Waals surface area contributed by atoms with E-state index in [2.05, 4.69) is 10.5 Å². The van der Waals surface area contributed by atoms with Gasteiger partial charge in [-0.15, -0.1) is 0 Å². The summed E-state index contributed by atoms with van der Waals surface area (Å²) in [6.45, 7) is 0. The van der Waals surface area contributed by atoms with Gasteiger partial charge in [0, 0.05) is 20.5 Å². The Balaban J connectivity index is 1.98. The molecule has 2 aromatic rings. The number of aromatic nitrogens is 2. The molecule has 3 N–H and O–H groups in total. The Bertz CT molecular complexity index is 912. The lowest BCUT2D eigenvalue weighted by Gasteiger charge is -2.12. The van der Waals surface area contributed by atoms with Gasteiger partial charge in [-0.2, -0.15) is 5.10 Å². The third-order valence-electron chi connectivity index (χ3n) is 3.97. The Morgan fingerprint density at radius 2 is 1.87 bits per heavy atom. The Morgan fingerprint density at radius 3 is 2.52 bits per heavy atom. The van der Waals surface area contributed by atoms with Crippen LogP contribution in [-0.2, 0) is 14.1 Å². The first kappa shape index (κ1) is 15.3. The number of hydrogen-bond acceptors (Lipinski definition) is 6. The van der Waals surface area contributed by atoms with Crippen LogP contribution in [0.15, 0.2) is 34.2 Å². The van der Waals surface area contributed by atoms with E-state index in [4.69, 9.17) is 12.2 Å². The third-order valence-corrected chi connectivity index (χ3v) is 4.52. The van der Waals surface area contributed by atoms with Gasteiger partial charge in [-0.05, 0) is 29.9 Å². The van der Waals surface area contributed by atoms with E-state index in [0.29, 0.717) is 12.1 Å². The smallest absolute Gasteiger partial charge is 0.267 e. The largest absolute Gasteiger partial charge is 0.508 e. The van der Waals surface area contributed by atoms with E-state index in [-0.39, 0.29) is 33.6 Å². The van der Waals surface area contributed by atoms with Crippen molar-refractivity contribution in [3.63, 3.8) is 0 Å². The van der Waals surface area contributed by atoms with Gasteiger partial charge >= 0.3 is 0 Å². The number of rotatable bonds is 2. The summed E-state index contributed by atoms with van der Waals surface area (Å²) in [4.78, 5) is 12.4. The van der Waals surface area contributed by atoms with Gasteiger partial charge < -0.3 is 15.6 Å². The van der Waals surface area contributed by atoms with Crippen LogP contribution in [-0.4, -0.2) is 25.1 Å². The monoisotopic (exact) mass is 332 g/mol. The average molecular weight is 332 g/mol. The third kappa shape index (κ3) is 2.50. The second-order valence-electron chi connectivity index (χ2n) is 5.44. The van der Waals surface area contributed by atoms with Crippen molar-refractivity contribution >= 4 is 17.9 Å². The summed E-state index contributed by atoms with van der Waals surface area (Å²) >= 11 is 5.10. The standard InChI is InChI=1S/C15H16N4O3S/c1-18-13(21)12(14(22)19(2)15(18)23)11-7-10(16-17-11)8-3-5-9(20)6-4-8/h3-6,10,16,20-21H,7H2,1-2H3/t10-/m0/s1. The molecule has 3 rings (SSSR count). The predicted molar refractivity (Wildman–Crippen MR) is 88.3 cm³/mol.